The number of aromatic amines is 2. The molecule has 0 saturated carbocycles. The molecule has 2 aromatic heterocycles. The number of hydrogen-bond acceptors (Lipinski definition) is 4. The summed E-state index contributed by atoms with van der Waals surface area (Å²) in [6.07, 6.45) is 4.83. The van der Waals surface area contributed by atoms with Gasteiger partial charge in [-0.25, -0.2) is 4.79 Å². The van der Waals surface area contributed by atoms with Crippen LogP contribution < -0.4 is 5.32 Å². The first-order valence-corrected chi connectivity index (χ1v) is 11.8. The number of aryl methyl sites for hydroxylation is 1. The Balaban J connectivity index is 1.24. The number of nitrogens with zero attached hydrogens (tertiary/aromatic N) is 1. The first-order valence-electron chi connectivity index (χ1n) is 11.8. The van der Waals surface area contributed by atoms with E-state index in [2.05, 4.69) is 21.4 Å². The number of likely N-dealkylation sites (tertiary alicyclic amines) is 1. The van der Waals surface area contributed by atoms with E-state index in [0.29, 0.717) is 48.6 Å². The van der Waals surface area contributed by atoms with Crippen molar-refractivity contribution in [2.75, 3.05) is 26.7 Å². The van der Waals surface area contributed by atoms with Crippen molar-refractivity contribution in [1.82, 2.24) is 20.2 Å². The highest BCUT2D eigenvalue weighted by molar-refractivity contribution is 6.00. The number of carbonyl (C=O) groups is 3. The summed E-state index contributed by atoms with van der Waals surface area (Å²) < 4.78 is 4.83. The summed E-state index contributed by atoms with van der Waals surface area (Å²) in [6.45, 7) is 5.32. The number of aromatic nitrogens is 2. The van der Waals surface area contributed by atoms with Gasteiger partial charge in [0.1, 0.15) is 5.69 Å². The van der Waals surface area contributed by atoms with Gasteiger partial charge in [0.15, 0.2) is 0 Å². The molecule has 180 valence electrons. The van der Waals surface area contributed by atoms with Crippen molar-refractivity contribution < 1.29 is 19.1 Å². The summed E-state index contributed by atoms with van der Waals surface area (Å²) in [6, 6.07) is 8.16. The number of piperidine rings is 1. The molecule has 3 aromatic rings. The van der Waals surface area contributed by atoms with Gasteiger partial charge in [-0.3, -0.25) is 9.59 Å². The molecule has 1 aliphatic heterocycles. The highest BCUT2D eigenvalue weighted by atomic mass is 16.5. The average Bonchev–Trinajstić information content (AvgIpc) is 3.38. The fourth-order valence-electron chi connectivity index (χ4n) is 4.88. The lowest BCUT2D eigenvalue weighted by molar-refractivity contribution is -0.122. The van der Waals surface area contributed by atoms with E-state index in [4.69, 9.17) is 4.74 Å². The molecule has 1 saturated heterocycles. The summed E-state index contributed by atoms with van der Waals surface area (Å²) in [7, 11) is 1.33. The molecule has 0 radical (unpaired) electrons. The number of methoxy groups -OCH3 is 1. The lowest BCUT2D eigenvalue weighted by Gasteiger charge is -2.31. The summed E-state index contributed by atoms with van der Waals surface area (Å²) in [5, 5.41) is 4.24. The van der Waals surface area contributed by atoms with Crippen LogP contribution in [0.4, 0.5) is 0 Å². The second kappa shape index (κ2) is 10.2. The Morgan fingerprint density at radius 3 is 2.62 bits per heavy atom. The van der Waals surface area contributed by atoms with Gasteiger partial charge in [-0.15, -0.1) is 0 Å². The quantitative estimate of drug-likeness (QED) is 0.465. The molecule has 1 aliphatic rings. The molecule has 1 aromatic carbocycles. The van der Waals surface area contributed by atoms with E-state index in [0.717, 1.165) is 24.8 Å². The summed E-state index contributed by atoms with van der Waals surface area (Å²) >= 11 is 0. The normalized spacial score (nSPS) is 14.4. The monoisotopic (exact) mass is 464 g/mol. The molecule has 2 amide bonds. The molecule has 1 fully saturated rings. The van der Waals surface area contributed by atoms with Crippen LogP contribution in [0.2, 0.25) is 0 Å². The Kier molecular flexibility index (Phi) is 7.05. The predicted molar refractivity (Wildman–Crippen MR) is 130 cm³/mol. The first-order chi connectivity index (χ1) is 16.4. The second-order valence-corrected chi connectivity index (χ2v) is 9.02. The van der Waals surface area contributed by atoms with Gasteiger partial charge in [0, 0.05) is 48.8 Å². The Morgan fingerprint density at radius 2 is 1.88 bits per heavy atom. The molecular formula is C26H32N4O4. The third-order valence-electron chi connectivity index (χ3n) is 6.81. The number of rotatable bonds is 7. The molecule has 0 unspecified atom stereocenters. The van der Waals surface area contributed by atoms with Gasteiger partial charge in [-0.05, 0) is 56.2 Å². The fourth-order valence-corrected chi connectivity index (χ4v) is 4.88. The highest BCUT2D eigenvalue weighted by Gasteiger charge is 2.29. The van der Waals surface area contributed by atoms with Crippen LogP contribution in [0.5, 0.6) is 0 Å². The number of amides is 2. The largest absolute Gasteiger partial charge is 0.465 e. The van der Waals surface area contributed by atoms with Crippen LogP contribution in [0.15, 0.2) is 30.5 Å². The van der Waals surface area contributed by atoms with Gasteiger partial charge in [-0.2, -0.15) is 0 Å². The molecule has 4 rings (SSSR count). The maximum absolute atomic E-state index is 13.0. The molecule has 8 nitrogen and oxygen atoms in total. The highest BCUT2D eigenvalue weighted by Crippen LogP contribution is 2.25. The maximum Gasteiger partial charge on any atom is 0.339 e. The number of hydrogen-bond donors (Lipinski definition) is 3. The van der Waals surface area contributed by atoms with Crippen LogP contribution in [-0.4, -0.2) is 59.4 Å². The van der Waals surface area contributed by atoms with E-state index in [-0.39, 0.29) is 17.7 Å². The standard InChI is InChI=1S/C26H32N4O4/c1-16-23(26(33)34-3)17(2)29-24(16)25(32)30-12-9-18(10-13-30)14-22(31)27-11-8-19-15-28-21-7-5-4-6-20(19)21/h4-7,15,18,28-29H,8-14H2,1-3H3,(H,27,31). The summed E-state index contributed by atoms with van der Waals surface area (Å²) in [5.74, 6) is -0.241. The van der Waals surface area contributed by atoms with Gasteiger partial charge in [-0.1, -0.05) is 18.2 Å². The fraction of sp³-hybridized carbons (Fsp3) is 0.423. The number of fused-ring (bicyclic) bond motifs is 1. The maximum atomic E-state index is 13.0. The Bertz CT molecular complexity index is 1200. The number of nitrogens with one attached hydrogen (secondary N) is 3. The van der Waals surface area contributed by atoms with Crippen molar-refractivity contribution in [2.45, 2.75) is 39.5 Å². The number of para-hydroxylation sites is 1. The van der Waals surface area contributed by atoms with Gasteiger partial charge < -0.3 is 24.9 Å². The van der Waals surface area contributed by atoms with E-state index in [9.17, 15) is 14.4 Å². The smallest absolute Gasteiger partial charge is 0.339 e. The van der Waals surface area contributed by atoms with E-state index < -0.39 is 5.97 Å². The molecule has 0 spiro atoms. The number of H-pyrrole nitrogens is 2. The molecular weight excluding hydrogens is 432 g/mol. The van der Waals surface area contributed by atoms with Gasteiger partial charge in [0.25, 0.3) is 5.91 Å². The van der Waals surface area contributed by atoms with Crippen LogP contribution in [0.1, 0.15) is 56.9 Å². The lowest BCUT2D eigenvalue weighted by Crippen LogP contribution is -2.40. The zero-order valence-corrected chi connectivity index (χ0v) is 20.0. The van der Waals surface area contributed by atoms with Crippen molar-refractivity contribution in [3.63, 3.8) is 0 Å². The average molecular weight is 465 g/mol. The topological polar surface area (TPSA) is 107 Å². The van der Waals surface area contributed by atoms with Crippen LogP contribution in [-0.2, 0) is 16.0 Å². The SMILES string of the molecule is COC(=O)c1c(C)[nH]c(C(=O)N2CCC(CC(=O)NCCc3c[nH]c4ccccc34)CC2)c1C. The van der Waals surface area contributed by atoms with Crippen molar-refractivity contribution in [3.8, 4) is 0 Å². The Labute approximate surface area is 199 Å². The van der Waals surface area contributed by atoms with E-state index in [1.807, 2.05) is 24.4 Å². The van der Waals surface area contributed by atoms with Crippen LogP contribution in [0.25, 0.3) is 10.9 Å². The van der Waals surface area contributed by atoms with E-state index >= 15 is 0 Å². The second-order valence-electron chi connectivity index (χ2n) is 9.02. The van der Waals surface area contributed by atoms with E-state index in [1.54, 1.807) is 18.7 Å². The predicted octanol–water partition coefficient (Wildman–Crippen LogP) is 3.50. The van der Waals surface area contributed by atoms with Gasteiger partial charge in [0.2, 0.25) is 5.91 Å². The number of ether oxygens (including phenoxy) is 1. The minimum Gasteiger partial charge on any atom is -0.465 e. The minimum atomic E-state index is -0.445. The molecule has 3 N–H and O–H groups in total. The number of esters is 1. The third kappa shape index (κ3) is 4.85. The number of carbonyl (C=O) groups excluding carboxylic acids is 3. The van der Waals surface area contributed by atoms with Crippen LogP contribution in [0.3, 0.4) is 0 Å². The zero-order chi connectivity index (χ0) is 24.2. The van der Waals surface area contributed by atoms with Crippen molar-refractivity contribution >= 4 is 28.7 Å². The third-order valence-corrected chi connectivity index (χ3v) is 6.81. The van der Waals surface area contributed by atoms with Crippen LogP contribution in [0, 0.1) is 19.8 Å². The molecule has 3 heterocycles. The van der Waals surface area contributed by atoms with Gasteiger partial charge >= 0.3 is 5.97 Å². The Morgan fingerprint density at radius 1 is 1.15 bits per heavy atom. The molecule has 8 heteroatoms. The Hall–Kier alpha value is -3.55. The number of benzene rings is 1. The van der Waals surface area contributed by atoms with Crippen molar-refractivity contribution in [1.29, 1.82) is 0 Å². The minimum absolute atomic E-state index is 0.0585. The molecule has 0 atom stereocenters. The molecule has 0 bridgehead atoms. The van der Waals surface area contributed by atoms with Crippen molar-refractivity contribution in [2.24, 2.45) is 5.92 Å². The van der Waals surface area contributed by atoms with Crippen LogP contribution >= 0.6 is 0 Å². The summed E-state index contributed by atoms with van der Waals surface area (Å²) in [4.78, 5) is 45.6. The zero-order valence-electron chi connectivity index (χ0n) is 20.0. The first kappa shape index (κ1) is 23.6. The van der Waals surface area contributed by atoms with E-state index in [1.165, 1.54) is 18.1 Å². The summed E-state index contributed by atoms with van der Waals surface area (Å²) in [5.41, 5.74) is 4.42. The molecule has 0 aliphatic carbocycles. The van der Waals surface area contributed by atoms with Crippen molar-refractivity contribution in [3.05, 3.63) is 58.5 Å². The van der Waals surface area contributed by atoms with Gasteiger partial charge in [0.05, 0.1) is 12.7 Å². The molecule has 34 heavy (non-hydrogen) atoms. The lowest BCUT2D eigenvalue weighted by atomic mass is 9.93.